The van der Waals surface area contributed by atoms with Crippen molar-refractivity contribution in [3.63, 3.8) is 0 Å². The van der Waals surface area contributed by atoms with Gasteiger partial charge in [-0.15, -0.1) is 0 Å². The number of H-pyrrole nitrogens is 1. The van der Waals surface area contributed by atoms with Gasteiger partial charge >= 0.3 is 5.69 Å². The smallest absolute Gasteiger partial charge is 0.328 e. The van der Waals surface area contributed by atoms with Crippen LogP contribution in [0.3, 0.4) is 0 Å². The first-order valence-corrected chi connectivity index (χ1v) is 10.2. The van der Waals surface area contributed by atoms with Crippen molar-refractivity contribution in [1.82, 2.24) is 28.8 Å². The van der Waals surface area contributed by atoms with Crippen molar-refractivity contribution in [3.05, 3.63) is 44.2 Å². The maximum absolute atomic E-state index is 13.0. The molecule has 4 rings (SSSR count). The summed E-state index contributed by atoms with van der Waals surface area (Å²) in [4.78, 5) is 53.2. The third kappa shape index (κ3) is 3.65. The van der Waals surface area contributed by atoms with Crippen LogP contribution in [0.1, 0.15) is 23.5 Å². The highest BCUT2D eigenvalue weighted by Gasteiger charge is 2.27. The zero-order valence-corrected chi connectivity index (χ0v) is 17.0. The summed E-state index contributed by atoms with van der Waals surface area (Å²) in [5, 5.41) is 0. The van der Waals surface area contributed by atoms with Crippen LogP contribution in [0, 0.1) is 5.92 Å². The number of nitrogens with one attached hydrogen (secondary N) is 1. The Morgan fingerprint density at radius 3 is 2.52 bits per heavy atom. The standard InChI is InChI=1S/C18H21N7O3S/c1-11(2)10-25-15(26)13-12(21-18(25)28)14(29-22-13)16(27)23-6-8-24(9-7-23)17-19-4-3-5-20-17/h3-5,11H,6-10H2,1-2H3,(H,21,28). The third-order valence-electron chi connectivity index (χ3n) is 4.76. The molecular weight excluding hydrogens is 394 g/mol. The molecule has 3 aromatic rings. The van der Waals surface area contributed by atoms with Crippen LogP contribution in [0.5, 0.6) is 0 Å². The fourth-order valence-corrected chi connectivity index (χ4v) is 4.13. The van der Waals surface area contributed by atoms with Gasteiger partial charge in [0.2, 0.25) is 5.95 Å². The highest BCUT2D eigenvalue weighted by molar-refractivity contribution is 7.09. The number of piperazine rings is 1. The Labute approximate surface area is 170 Å². The lowest BCUT2D eigenvalue weighted by Crippen LogP contribution is -2.49. The van der Waals surface area contributed by atoms with E-state index in [0.717, 1.165) is 16.1 Å². The van der Waals surface area contributed by atoms with E-state index in [1.54, 1.807) is 23.4 Å². The minimum atomic E-state index is -0.517. The predicted molar refractivity (Wildman–Crippen MR) is 109 cm³/mol. The molecule has 0 saturated carbocycles. The van der Waals surface area contributed by atoms with Gasteiger partial charge in [-0.25, -0.2) is 14.8 Å². The van der Waals surface area contributed by atoms with Crippen LogP contribution in [0.15, 0.2) is 28.0 Å². The zero-order chi connectivity index (χ0) is 20.5. The molecule has 1 saturated heterocycles. The predicted octanol–water partition coefficient (Wildman–Crippen LogP) is 0.555. The number of carbonyl (C=O) groups excluding carboxylic acids is 1. The fraction of sp³-hybridized carbons (Fsp3) is 0.444. The summed E-state index contributed by atoms with van der Waals surface area (Å²) in [6.45, 7) is 6.33. The number of amides is 1. The van der Waals surface area contributed by atoms with Crippen LogP contribution in [-0.4, -0.2) is 60.9 Å². The van der Waals surface area contributed by atoms with E-state index in [1.165, 1.54) is 0 Å². The van der Waals surface area contributed by atoms with Gasteiger partial charge in [0.05, 0.1) is 5.52 Å². The lowest BCUT2D eigenvalue weighted by atomic mass is 10.2. The Morgan fingerprint density at radius 1 is 1.17 bits per heavy atom. The van der Waals surface area contributed by atoms with Gasteiger partial charge in [0.25, 0.3) is 11.5 Å². The summed E-state index contributed by atoms with van der Waals surface area (Å²) in [6.07, 6.45) is 3.37. The number of carbonyl (C=O) groups is 1. The van der Waals surface area contributed by atoms with E-state index in [1.807, 2.05) is 18.7 Å². The van der Waals surface area contributed by atoms with Gasteiger partial charge in [-0.1, -0.05) is 13.8 Å². The van der Waals surface area contributed by atoms with Crippen LogP contribution in [0.2, 0.25) is 0 Å². The molecule has 0 aromatic carbocycles. The summed E-state index contributed by atoms with van der Waals surface area (Å²) >= 11 is 0.949. The van der Waals surface area contributed by atoms with Gasteiger partial charge in [0, 0.05) is 45.1 Å². The first-order valence-electron chi connectivity index (χ1n) is 9.39. The Morgan fingerprint density at radius 2 is 1.86 bits per heavy atom. The normalized spacial score (nSPS) is 14.7. The number of rotatable bonds is 4. The molecule has 3 aromatic heterocycles. The van der Waals surface area contributed by atoms with Gasteiger partial charge in [-0.2, -0.15) is 4.37 Å². The van der Waals surface area contributed by atoms with Crippen LogP contribution < -0.4 is 16.1 Å². The molecule has 0 aliphatic carbocycles. The first kappa shape index (κ1) is 19.2. The van der Waals surface area contributed by atoms with Crippen LogP contribution in [0.25, 0.3) is 11.0 Å². The van der Waals surface area contributed by atoms with E-state index < -0.39 is 11.2 Å². The molecule has 0 unspecified atom stereocenters. The summed E-state index contributed by atoms with van der Waals surface area (Å²) in [7, 11) is 0. The average Bonchev–Trinajstić information content (AvgIpc) is 3.15. The second-order valence-corrected chi connectivity index (χ2v) is 8.08. The van der Waals surface area contributed by atoms with Crippen molar-refractivity contribution in [2.24, 2.45) is 5.92 Å². The second kappa shape index (κ2) is 7.74. The molecule has 1 N–H and O–H groups in total. The molecule has 4 heterocycles. The van der Waals surface area contributed by atoms with Gasteiger partial charge in [0.1, 0.15) is 4.88 Å². The Hall–Kier alpha value is -3.08. The molecule has 0 radical (unpaired) electrons. The minimum absolute atomic E-state index is 0.134. The van der Waals surface area contributed by atoms with Crippen LogP contribution in [0.4, 0.5) is 5.95 Å². The second-order valence-electron chi connectivity index (χ2n) is 7.30. The van der Waals surface area contributed by atoms with Crippen molar-refractivity contribution in [1.29, 1.82) is 0 Å². The van der Waals surface area contributed by atoms with Gasteiger partial charge < -0.3 is 14.8 Å². The number of hydrogen-bond donors (Lipinski definition) is 1. The van der Waals surface area contributed by atoms with Gasteiger partial charge in [-0.3, -0.25) is 14.2 Å². The van der Waals surface area contributed by atoms with E-state index in [-0.39, 0.29) is 27.7 Å². The van der Waals surface area contributed by atoms with Crippen LogP contribution in [-0.2, 0) is 6.54 Å². The number of aromatic amines is 1. The molecule has 0 spiro atoms. The summed E-state index contributed by atoms with van der Waals surface area (Å²) < 4.78 is 5.30. The van der Waals surface area contributed by atoms with Crippen molar-refractivity contribution in [2.75, 3.05) is 31.1 Å². The summed E-state index contributed by atoms with van der Waals surface area (Å²) in [5.74, 6) is 0.538. The van der Waals surface area contributed by atoms with E-state index >= 15 is 0 Å². The lowest BCUT2D eigenvalue weighted by Gasteiger charge is -2.34. The highest BCUT2D eigenvalue weighted by atomic mass is 32.1. The van der Waals surface area contributed by atoms with Crippen molar-refractivity contribution >= 4 is 34.4 Å². The quantitative estimate of drug-likeness (QED) is 0.661. The monoisotopic (exact) mass is 415 g/mol. The third-order valence-corrected chi connectivity index (χ3v) is 5.60. The maximum atomic E-state index is 13.0. The van der Waals surface area contributed by atoms with Crippen molar-refractivity contribution in [3.8, 4) is 0 Å². The molecule has 152 valence electrons. The molecule has 1 aliphatic heterocycles. The molecule has 1 aliphatic rings. The molecule has 29 heavy (non-hydrogen) atoms. The number of aromatic nitrogens is 5. The fourth-order valence-electron chi connectivity index (χ4n) is 3.33. The Kier molecular flexibility index (Phi) is 5.14. The number of fused-ring (bicyclic) bond motifs is 1. The summed E-state index contributed by atoms with van der Waals surface area (Å²) in [5.41, 5.74) is -0.617. The SMILES string of the molecule is CC(C)Cn1c(=O)[nH]c2c(C(=O)N3CCN(c4ncccn4)CC3)snc2c1=O. The van der Waals surface area contributed by atoms with Crippen molar-refractivity contribution < 1.29 is 4.79 Å². The Balaban J connectivity index is 1.57. The topological polar surface area (TPSA) is 117 Å². The lowest BCUT2D eigenvalue weighted by molar-refractivity contribution is 0.0752. The molecule has 10 nitrogen and oxygen atoms in total. The number of anilines is 1. The van der Waals surface area contributed by atoms with E-state index in [9.17, 15) is 14.4 Å². The van der Waals surface area contributed by atoms with Gasteiger partial charge in [-0.05, 0) is 23.5 Å². The van der Waals surface area contributed by atoms with E-state index in [4.69, 9.17) is 0 Å². The Bertz CT molecular complexity index is 1140. The zero-order valence-electron chi connectivity index (χ0n) is 16.2. The molecule has 11 heteroatoms. The maximum Gasteiger partial charge on any atom is 0.328 e. The van der Waals surface area contributed by atoms with Crippen molar-refractivity contribution in [2.45, 2.75) is 20.4 Å². The van der Waals surface area contributed by atoms with E-state index in [0.29, 0.717) is 38.7 Å². The average molecular weight is 415 g/mol. The highest BCUT2D eigenvalue weighted by Crippen LogP contribution is 2.20. The number of nitrogens with zero attached hydrogens (tertiary/aromatic N) is 6. The molecule has 0 atom stereocenters. The minimum Gasteiger partial charge on any atom is -0.337 e. The first-order chi connectivity index (χ1) is 14.0. The van der Waals surface area contributed by atoms with Gasteiger partial charge in [0.15, 0.2) is 5.52 Å². The molecular formula is C18H21N7O3S. The van der Waals surface area contributed by atoms with E-state index in [2.05, 4.69) is 19.3 Å². The summed E-state index contributed by atoms with van der Waals surface area (Å²) in [6, 6.07) is 1.76. The molecule has 1 amide bonds. The molecule has 0 bridgehead atoms. The number of hydrogen-bond acceptors (Lipinski definition) is 8. The molecule has 1 fully saturated rings. The van der Waals surface area contributed by atoms with Crippen LogP contribution >= 0.6 is 11.5 Å². The largest absolute Gasteiger partial charge is 0.337 e.